The number of rotatable bonds is 6. The Balaban J connectivity index is 1.60. The van der Waals surface area contributed by atoms with Gasteiger partial charge in [-0.15, -0.1) is 0 Å². The van der Waals surface area contributed by atoms with Crippen molar-refractivity contribution >= 4 is 17.8 Å². The van der Waals surface area contributed by atoms with Crippen LogP contribution in [0.15, 0.2) is 18.2 Å². The summed E-state index contributed by atoms with van der Waals surface area (Å²) in [5, 5.41) is 5.60. The van der Waals surface area contributed by atoms with Crippen molar-refractivity contribution in [1.29, 1.82) is 0 Å². The van der Waals surface area contributed by atoms with Gasteiger partial charge in [0.1, 0.15) is 12.1 Å². The average Bonchev–Trinajstić information content (AvgIpc) is 2.93. The van der Waals surface area contributed by atoms with Crippen molar-refractivity contribution in [3.63, 3.8) is 0 Å². The van der Waals surface area contributed by atoms with Gasteiger partial charge in [0.2, 0.25) is 5.91 Å². The van der Waals surface area contributed by atoms with Gasteiger partial charge in [0.25, 0.3) is 5.91 Å². The topological polar surface area (TPSA) is 97.0 Å². The standard InChI is InChI=1S/C20H27N3O5/c1-13-6-4-5-9-20(13)18(25)23(19(26)22-20)12-17(24)21-11-14-7-8-15(27-2)16(10-14)28-3/h7-8,10,13H,4-6,9,11-12H2,1-3H3,(H,21,24)(H,22,26)/t13-,20+/m1/s1. The van der Waals surface area contributed by atoms with Crippen molar-refractivity contribution < 1.29 is 23.9 Å². The molecule has 1 saturated heterocycles. The zero-order valence-electron chi connectivity index (χ0n) is 16.5. The molecule has 2 atom stereocenters. The van der Waals surface area contributed by atoms with Gasteiger partial charge in [-0.25, -0.2) is 4.79 Å². The normalized spacial score (nSPS) is 24.2. The molecule has 8 heteroatoms. The van der Waals surface area contributed by atoms with Gasteiger partial charge in [-0.3, -0.25) is 14.5 Å². The van der Waals surface area contributed by atoms with E-state index in [1.54, 1.807) is 26.4 Å². The van der Waals surface area contributed by atoms with Crippen LogP contribution in [0.1, 0.15) is 38.2 Å². The second-order valence-corrected chi connectivity index (χ2v) is 7.41. The van der Waals surface area contributed by atoms with Crippen LogP contribution in [-0.2, 0) is 16.1 Å². The van der Waals surface area contributed by atoms with Crippen LogP contribution in [0.25, 0.3) is 0 Å². The molecule has 0 aromatic heterocycles. The molecule has 1 saturated carbocycles. The lowest BCUT2D eigenvalue weighted by molar-refractivity contribution is -0.137. The van der Waals surface area contributed by atoms with E-state index in [0.717, 1.165) is 29.7 Å². The summed E-state index contributed by atoms with van der Waals surface area (Å²) >= 11 is 0. The number of hydrogen-bond donors (Lipinski definition) is 2. The van der Waals surface area contributed by atoms with Crippen molar-refractivity contribution in [3.05, 3.63) is 23.8 Å². The highest BCUT2D eigenvalue weighted by Gasteiger charge is 2.55. The molecule has 1 aromatic carbocycles. The maximum atomic E-state index is 12.9. The zero-order chi connectivity index (χ0) is 20.3. The van der Waals surface area contributed by atoms with Crippen LogP contribution in [0.3, 0.4) is 0 Å². The number of benzene rings is 1. The minimum absolute atomic E-state index is 0.0672. The number of urea groups is 1. The first-order valence-electron chi connectivity index (χ1n) is 9.53. The van der Waals surface area contributed by atoms with Crippen LogP contribution in [0.2, 0.25) is 0 Å². The largest absolute Gasteiger partial charge is 0.493 e. The Kier molecular flexibility index (Phi) is 5.76. The monoisotopic (exact) mass is 389 g/mol. The van der Waals surface area contributed by atoms with Crippen LogP contribution < -0.4 is 20.1 Å². The predicted molar refractivity (Wildman–Crippen MR) is 102 cm³/mol. The summed E-state index contributed by atoms with van der Waals surface area (Å²) in [6.45, 7) is 1.95. The molecule has 28 heavy (non-hydrogen) atoms. The SMILES string of the molecule is COc1ccc(CNC(=O)CN2C(=O)N[C@]3(CCCC[C@H]3C)C2=O)cc1OC. The zero-order valence-corrected chi connectivity index (χ0v) is 16.5. The van der Waals surface area contributed by atoms with Crippen molar-refractivity contribution in [3.8, 4) is 11.5 Å². The van der Waals surface area contributed by atoms with Crippen molar-refractivity contribution in [2.24, 2.45) is 5.92 Å². The predicted octanol–water partition coefficient (Wildman–Crippen LogP) is 1.82. The van der Waals surface area contributed by atoms with E-state index in [1.807, 2.05) is 13.0 Å². The van der Waals surface area contributed by atoms with Crippen molar-refractivity contribution in [2.75, 3.05) is 20.8 Å². The van der Waals surface area contributed by atoms with E-state index in [1.165, 1.54) is 0 Å². The van der Waals surface area contributed by atoms with E-state index < -0.39 is 17.5 Å². The Hall–Kier alpha value is -2.77. The first kappa shape index (κ1) is 20.0. The van der Waals surface area contributed by atoms with Gasteiger partial charge < -0.3 is 20.1 Å². The highest BCUT2D eigenvalue weighted by atomic mass is 16.5. The van der Waals surface area contributed by atoms with E-state index in [4.69, 9.17) is 9.47 Å². The number of nitrogens with zero attached hydrogens (tertiary/aromatic N) is 1. The molecule has 0 radical (unpaired) electrons. The number of carbonyl (C=O) groups is 3. The van der Waals surface area contributed by atoms with Crippen molar-refractivity contribution in [2.45, 2.75) is 44.7 Å². The Morgan fingerprint density at radius 2 is 2.00 bits per heavy atom. The summed E-state index contributed by atoms with van der Waals surface area (Å²) in [5.41, 5.74) is -0.0283. The Morgan fingerprint density at radius 1 is 1.25 bits per heavy atom. The molecule has 1 heterocycles. The molecular weight excluding hydrogens is 362 g/mol. The maximum absolute atomic E-state index is 12.9. The molecule has 1 aliphatic carbocycles. The molecule has 0 unspecified atom stereocenters. The van der Waals surface area contributed by atoms with Crippen LogP contribution in [0.5, 0.6) is 11.5 Å². The summed E-state index contributed by atoms with van der Waals surface area (Å²) in [6, 6.07) is 4.85. The number of amides is 4. The average molecular weight is 389 g/mol. The molecule has 152 valence electrons. The van der Waals surface area contributed by atoms with E-state index >= 15 is 0 Å². The van der Waals surface area contributed by atoms with Gasteiger partial charge in [0.15, 0.2) is 11.5 Å². The number of carbonyl (C=O) groups excluding carboxylic acids is 3. The van der Waals surface area contributed by atoms with Gasteiger partial charge in [-0.05, 0) is 36.5 Å². The molecule has 4 amide bonds. The van der Waals surface area contributed by atoms with Crippen LogP contribution in [0.4, 0.5) is 4.79 Å². The van der Waals surface area contributed by atoms with E-state index in [9.17, 15) is 14.4 Å². The number of hydrogen-bond acceptors (Lipinski definition) is 5. The number of nitrogens with one attached hydrogen (secondary N) is 2. The lowest BCUT2D eigenvalue weighted by atomic mass is 9.73. The molecular formula is C20H27N3O5. The van der Waals surface area contributed by atoms with Gasteiger partial charge in [0, 0.05) is 6.54 Å². The maximum Gasteiger partial charge on any atom is 0.325 e. The number of imide groups is 1. The van der Waals surface area contributed by atoms with E-state index in [-0.39, 0.29) is 24.9 Å². The molecule has 1 aromatic rings. The van der Waals surface area contributed by atoms with Crippen molar-refractivity contribution in [1.82, 2.24) is 15.5 Å². The highest BCUT2D eigenvalue weighted by molar-refractivity contribution is 6.09. The minimum atomic E-state index is -0.848. The smallest absolute Gasteiger partial charge is 0.325 e. The Morgan fingerprint density at radius 3 is 2.68 bits per heavy atom. The summed E-state index contributed by atoms with van der Waals surface area (Å²) < 4.78 is 10.4. The Bertz CT molecular complexity index is 781. The lowest BCUT2D eigenvalue weighted by Crippen LogP contribution is -2.54. The third-order valence-electron chi connectivity index (χ3n) is 5.74. The summed E-state index contributed by atoms with van der Waals surface area (Å²) in [6.07, 6.45) is 3.47. The second-order valence-electron chi connectivity index (χ2n) is 7.41. The van der Waals surface area contributed by atoms with Gasteiger partial charge >= 0.3 is 6.03 Å². The molecule has 2 fully saturated rings. The minimum Gasteiger partial charge on any atom is -0.493 e. The first-order valence-corrected chi connectivity index (χ1v) is 9.53. The summed E-state index contributed by atoms with van der Waals surface area (Å²) in [5.74, 6) is 0.558. The molecule has 8 nitrogen and oxygen atoms in total. The van der Waals surface area contributed by atoms with Crippen LogP contribution in [0, 0.1) is 5.92 Å². The third-order valence-corrected chi connectivity index (χ3v) is 5.74. The first-order chi connectivity index (χ1) is 13.4. The Labute approximate surface area is 164 Å². The number of ether oxygens (including phenoxy) is 2. The van der Waals surface area contributed by atoms with Crippen LogP contribution >= 0.6 is 0 Å². The molecule has 2 aliphatic rings. The lowest BCUT2D eigenvalue weighted by Gasteiger charge is -2.36. The fourth-order valence-corrected chi connectivity index (χ4v) is 4.03. The molecule has 3 rings (SSSR count). The highest BCUT2D eigenvalue weighted by Crippen LogP contribution is 2.38. The van der Waals surface area contributed by atoms with E-state index in [0.29, 0.717) is 17.9 Å². The molecule has 2 N–H and O–H groups in total. The quantitative estimate of drug-likeness (QED) is 0.724. The number of methoxy groups -OCH3 is 2. The van der Waals surface area contributed by atoms with Gasteiger partial charge in [-0.1, -0.05) is 25.8 Å². The fourth-order valence-electron chi connectivity index (χ4n) is 4.03. The molecule has 1 spiro atoms. The van der Waals surface area contributed by atoms with Crippen LogP contribution in [-0.4, -0.2) is 49.0 Å². The van der Waals surface area contributed by atoms with Gasteiger partial charge in [-0.2, -0.15) is 0 Å². The molecule has 1 aliphatic heterocycles. The molecule has 0 bridgehead atoms. The fraction of sp³-hybridized carbons (Fsp3) is 0.550. The van der Waals surface area contributed by atoms with E-state index in [2.05, 4.69) is 10.6 Å². The van der Waals surface area contributed by atoms with Gasteiger partial charge in [0.05, 0.1) is 14.2 Å². The summed E-state index contributed by atoms with van der Waals surface area (Å²) in [7, 11) is 3.09. The second kappa shape index (κ2) is 8.08. The summed E-state index contributed by atoms with van der Waals surface area (Å²) in [4.78, 5) is 38.6. The third kappa shape index (κ3) is 3.63.